The van der Waals surface area contributed by atoms with Crippen LogP contribution in [0.1, 0.15) is 0 Å². The van der Waals surface area contributed by atoms with Crippen LogP contribution in [0.15, 0.2) is 84.0 Å². The van der Waals surface area contributed by atoms with Crippen molar-refractivity contribution in [1.82, 2.24) is 9.97 Å². The molecule has 0 saturated heterocycles. The quantitative estimate of drug-likeness (QED) is 0.422. The molecule has 0 spiro atoms. The Kier molecular flexibility index (Phi) is 5.78. The number of aromatic nitrogens is 2. The maximum Gasteiger partial charge on any atom is 0.264 e. The average Bonchev–Trinajstić information content (AvgIpc) is 2.75. The van der Waals surface area contributed by atoms with Crippen LogP contribution in [0.25, 0.3) is 11.3 Å². The molecular formula is C22H15F3N4O2S. The van der Waals surface area contributed by atoms with Crippen LogP contribution in [0.4, 0.5) is 30.4 Å². The van der Waals surface area contributed by atoms with Gasteiger partial charge in [-0.05, 0) is 60.7 Å². The molecule has 1 aromatic heterocycles. The molecule has 4 aromatic rings. The Balaban J connectivity index is 1.48. The summed E-state index contributed by atoms with van der Waals surface area (Å²) in [5, 5.41) is 3.06. The van der Waals surface area contributed by atoms with Crippen molar-refractivity contribution in [2.24, 2.45) is 0 Å². The van der Waals surface area contributed by atoms with Gasteiger partial charge in [0, 0.05) is 29.1 Å². The molecule has 1 heterocycles. The van der Waals surface area contributed by atoms with Gasteiger partial charge in [0.15, 0.2) is 0 Å². The number of hydrogen-bond acceptors (Lipinski definition) is 5. The zero-order valence-corrected chi connectivity index (χ0v) is 17.1. The fourth-order valence-corrected chi connectivity index (χ4v) is 4.00. The van der Waals surface area contributed by atoms with E-state index in [1.807, 2.05) is 0 Å². The van der Waals surface area contributed by atoms with E-state index in [2.05, 4.69) is 20.0 Å². The second-order valence-electron chi connectivity index (χ2n) is 6.68. The van der Waals surface area contributed by atoms with Crippen LogP contribution in [0.3, 0.4) is 0 Å². The number of rotatable bonds is 6. The standard InChI is InChI=1S/C22H15F3N4O2S/c23-15-3-1-14(2-4-15)20-12-22(27-13-26-20)28-17-6-8-18(9-7-17)29-32(30,31)21-10-5-16(24)11-19(21)25/h1-13,29H,(H,26,27,28). The van der Waals surface area contributed by atoms with Gasteiger partial charge in [-0.3, -0.25) is 4.72 Å². The minimum atomic E-state index is -4.23. The van der Waals surface area contributed by atoms with E-state index in [-0.39, 0.29) is 11.5 Å². The molecule has 0 bridgehead atoms. The number of sulfonamides is 1. The summed E-state index contributed by atoms with van der Waals surface area (Å²) in [7, 11) is -4.23. The fourth-order valence-electron chi connectivity index (χ4n) is 2.88. The predicted molar refractivity (Wildman–Crippen MR) is 114 cm³/mol. The van der Waals surface area contributed by atoms with Gasteiger partial charge in [-0.1, -0.05) is 0 Å². The molecule has 0 fully saturated rings. The summed E-state index contributed by atoms with van der Waals surface area (Å²) in [6.07, 6.45) is 1.36. The smallest absolute Gasteiger partial charge is 0.264 e. The van der Waals surface area contributed by atoms with Gasteiger partial charge in [0.2, 0.25) is 0 Å². The van der Waals surface area contributed by atoms with Crippen molar-refractivity contribution in [3.05, 3.63) is 96.6 Å². The molecule has 0 amide bonds. The molecule has 32 heavy (non-hydrogen) atoms. The van der Waals surface area contributed by atoms with E-state index in [1.165, 1.54) is 30.6 Å². The SMILES string of the molecule is O=S(=O)(Nc1ccc(Nc2cc(-c3ccc(F)cc3)ncn2)cc1)c1ccc(F)cc1F. The van der Waals surface area contributed by atoms with E-state index < -0.39 is 26.6 Å². The predicted octanol–water partition coefficient (Wildman–Crippen LogP) is 5.11. The summed E-state index contributed by atoms with van der Waals surface area (Å²) < 4.78 is 67.0. The van der Waals surface area contributed by atoms with Crippen molar-refractivity contribution in [2.75, 3.05) is 10.0 Å². The number of benzene rings is 3. The van der Waals surface area contributed by atoms with Gasteiger partial charge < -0.3 is 5.32 Å². The largest absolute Gasteiger partial charge is 0.340 e. The molecule has 0 unspecified atom stereocenters. The average molecular weight is 456 g/mol. The fraction of sp³-hybridized carbons (Fsp3) is 0. The normalized spacial score (nSPS) is 11.2. The van der Waals surface area contributed by atoms with Gasteiger partial charge >= 0.3 is 0 Å². The van der Waals surface area contributed by atoms with Crippen molar-refractivity contribution < 1.29 is 21.6 Å². The molecule has 162 valence electrons. The van der Waals surface area contributed by atoms with Gasteiger partial charge in [-0.15, -0.1) is 0 Å². The highest BCUT2D eigenvalue weighted by Crippen LogP contribution is 2.24. The van der Waals surface area contributed by atoms with Crippen LogP contribution in [-0.4, -0.2) is 18.4 Å². The lowest BCUT2D eigenvalue weighted by Gasteiger charge is -2.11. The second-order valence-corrected chi connectivity index (χ2v) is 8.33. The van der Waals surface area contributed by atoms with Gasteiger partial charge in [-0.2, -0.15) is 0 Å². The highest BCUT2D eigenvalue weighted by molar-refractivity contribution is 7.92. The van der Waals surface area contributed by atoms with E-state index in [0.717, 1.165) is 17.7 Å². The van der Waals surface area contributed by atoms with Crippen molar-refractivity contribution in [1.29, 1.82) is 0 Å². The Bertz CT molecular complexity index is 1360. The summed E-state index contributed by atoms with van der Waals surface area (Å²) in [6, 6.07) is 15.9. The maximum absolute atomic E-state index is 13.8. The molecule has 4 rings (SSSR count). The molecule has 0 radical (unpaired) electrons. The second kappa shape index (κ2) is 8.67. The first kappa shape index (κ1) is 21.3. The third-order valence-corrected chi connectivity index (χ3v) is 5.81. The van der Waals surface area contributed by atoms with Gasteiger partial charge in [0.1, 0.15) is 34.5 Å². The molecular weight excluding hydrogens is 441 g/mol. The Hall–Kier alpha value is -3.92. The first-order valence-electron chi connectivity index (χ1n) is 9.23. The third kappa shape index (κ3) is 4.86. The Labute approximate surface area is 181 Å². The lowest BCUT2D eigenvalue weighted by molar-refractivity contribution is 0.551. The van der Waals surface area contributed by atoms with E-state index in [1.54, 1.807) is 30.3 Å². The molecule has 0 atom stereocenters. The monoisotopic (exact) mass is 456 g/mol. The van der Waals surface area contributed by atoms with Crippen molar-refractivity contribution in [2.45, 2.75) is 4.90 Å². The molecule has 10 heteroatoms. The Morgan fingerprint density at radius 2 is 1.38 bits per heavy atom. The maximum atomic E-state index is 13.8. The van der Waals surface area contributed by atoms with Crippen LogP contribution < -0.4 is 10.0 Å². The van der Waals surface area contributed by atoms with Crippen LogP contribution in [0.5, 0.6) is 0 Å². The van der Waals surface area contributed by atoms with Crippen LogP contribution in [0.2, 0.25) is 0 Å². The van der Waals surface area contributed by atoms with Crippen LogP contribution >= 0.6 is 0 Å². The Morgan fingerprint density at radius 1 is 0.719 bits per heavy atom. The van der Waals surface area contributed by atoms with Gasteiger partial charge in [-0.25, -0.2) is 31.6 Å². The molecule has 2 N–H and O–H groups in total. The zero-order valence-electron chi connectivity index (χ0n) is 16.3. The van der Waals surface area contributed by atoms with Gasteiger partial charge in [0.05, 0.1) is 5.69 Å². The minimum absolute atomic E-state index is 0.189. The van der Waals surface area contributed by atoms with Crippen molar-refractivity contribution >= 4 is 27.2 Å². The number of anilines is 3. The zero-order chi connectivity index (χ0) is 22.7. The lowest BCUT2D eigenvalue weighted by Crippen LogP contribution is -2.14. The van der Waals surface area contributed by atoms with Crippen LogP contribution in [-0.2, 0) is 10.0 Å². The minimum Gasteiger partial charge on any atom is -0.340 e. The van der Waals surface area contributed by atoms with Gasteiger partial charge in [0.25, 0.3) is 10.0 Å². The molecule has 6 nitrogen and oxygen atoms in total. The van der Waals surface area contributed by atoms with Crippen molar-refractivity contribution in [3.63, 3.8) is 0 Å². The third-order valence-electron chi connectivity index (χ3n) is 4.40. The van der Waals surface area contributed by atoms with E-state index in [0.29, 0.717) is 23.3 Å². The topological polar surface area (TPSA) is 84.0 Å². The summed E-state index contributed by atoms with van der Waals surface area (Å²) in [6.45, 7) is 0. The first-order valence-corrected chi connectivity index (χ1v) is 10.7. The summed E-state index contributed by atoms with van der Waals surface area (Å²) >= 11 is 0. The highest BCUT2D eigenvalue weighted by Gasteiger charge is 2.19. The number of nitrogens with zero attached hydrogens (tertiary/aromatic N) is 2. The number of hydrogen-bond donors (Lipinski definition) is 2. The summed E-state index contributed by atoms with van der Waals surface area (Å²) in [5.41, 5.74) is 2.10. The summed E-state index contributed by atoms with van der Waals surface area (Å²) in [5.74, 6) is -1.93. The molecule has 0 aliphatic heterocycles. The highest BCUT2D eigenvalue weighted by atomic mass is 32.2. The van der Waals surface area contributed by atoms with E-state index in [4.69, 9.17) is 0 Å². The molecule has 0 aliphatic rings. The Morgan fingerprint density at radius 3 is 2.06 bits per heavy atom. The molecule has 3 aromatic carbocycles. The van der Waals surface area contributed by atoms with Crippen LogP contribution in [0, 0.1) is 17.5 Å². The molecule has 0 aliphatic carbocycles. The first-order chi connectivity index (χ1) is 15.3. The summed E-state index contributed by atoms with van der Waals surface area (Å²) in [4.78, 5) is 7.65. The molecule has 0 saturated carbocycles. The van der Waals surface area contributed by atoms with Crippen molar-refractivity contribution in [3.8, 4) is 11.3 Å². The number of nitrogens with one attached hydrogen (secondary N) is 2. The van der Waals surface area contributed by atoms with E-state index in [9.17, 15) is 21.6 Å². The number of halogens is 3. The van der Waals surface area contributed by atoms with E-state index >= 15 is 0 Å². The lowest BCUT2D eigenvalue weighted by atomic mass is 10.1.